The van der Waals surface area contributed by atoms with Gasteiger partial charge in [-0.3, -0.25) is 4.79 Å². The van der Waals surface area contributed by atoms with Gasteiger partial charge in [0.2, 0.25) is 0 Å². The maximum atomic E-state index is 12.3. The van der Waals surface area contributed by atoms with Crippen LogP contribution >= 0.6 is 0 Å². The Balaban J connectivity index is 1.85. The monoisotopic (exact) mass is 282 g/mol. The molecule has 0 saturated heterocycles. The summed E-state index contributed by atoms with van der Waals surface area (Å²) in [5, 5.41) is 0. The number of carbonyl (C=O) groups is 1. The fourth-order valence-corrected chi connectivity index (χ4v) is 2.85. The summed E-state index contributed by atoms with van der Waals surface area (Å²) in [7, 11) is 3.08. The van der Waals surface area contributed by atoms with Gasteiger partial charge in [-0.2, -0.15) is 0 Å². The Morgan fingerprint density at radius 3 is 2.52 bits per heavy atom. The van der Waals surface area contributed by atoms with E-state index in [1.807, 2.05) is 18.2 Å². The van der Waals surface area contributed by atoms with Crippen LogP contribution < -0.4 is 0 Å². The first kappa shape index (κ1) is 14.0. The van der Waals surface area contributed by atoms with E-state index in [1.165, 1.54) is 22.3 Å². The molecule has 2 aromatic rings. The first-order valence-electron chi connectivity index (χ1n) is 7.03. The number of rotatable bonds is 5. The van der Waals surface area contributed by atoms with Gasteiger partial charge in [-0.15, -0.1) is 0 Å². The molecular formula is C18H18O3. The maximum absolute atomic E-state index is 12.3. The minimum Gasteiger partial charge on any atom is -0.355 e. The molecule has 0 atom stereocenters. The van der Waals surface area contributed by atoms with Gasteiger partial charge in [0.15, 0.2) is 12.1 Å². The highest BCUT2D eigenvalue weighted by Crippen LogP contribution is 2.36. The third kappa shape index (κ3) is 2.62. The minimum atomic E-state index is -0.483. The molecule has 0 fully saturated rings. The molecule has 0 unspecified atom stereocenters. The van der Waals surface area contributed by atoms with Gasteiger partial charge in [-0.05, 0) is 34.7 Å². The van der Waals surface area contributed by atoms with Gasteiger partial charge in [0.05, 0.1) is 6.42 Å². The number of ether oxygens (including phenoxy) is 2. The summed E-state index contributed by atoms with van der Waals surface area (Å²) in [6.07, 6.45) is 0.645. The normalized spacial score (nSPS) is 12.3. The van der Waals surface area contributed by atoms with Crippen LogP contribution in [-0.4, -0.2) is 26.3 Å². The molecule has 2 aromatic carbocycles. The fourth-order valence-electron chi connectivity index (χ4n) is 2.85. The Morgan fingerprint density at radius 2 is 1.76 bits per heavy atom. The van der Waals surface area contributed by atoms with Crippen molar-refractivity contribution in [2.24, 2.45) is 0 Å². The minimum absolute atomic E-state index is 0.0439. The number of ketones is 1. The molecule has 0 aromatic heterocycles. The molecule has 3 nitrogen and oxygen atoms in total. The van der Waals surface area contributed by atoms with Crippen LogP contribution in [0.4, 0.5) is 0 Å². The summed E-state index contributed by atoms with van der Waals surface area (Å²) < 4.78 is 10.2. The number of hydrogen-bond donors (Lipinski definition) is 0. The molecule has 0 N–H and O–H groups in total. The molecule has 21 heavy (non-hydrogen) atoms. The second kappa shape index (κ2) is 5.80. The third-order valence-electron chi connectivity index (χ3n) is 3.99. The molecule has 0 amide bonds. The van der Waals surface area contributed by atoms with Crippen LogP contribution in [0.2, 0.25) is 0 Å². The van der Waals surface area contributed by atoms with Gasteiger partial charge < -0.3 is 9.47 Å². The Bertz CT molecular complexity index is 672. The number of fused-ring (bicyclic) bond motifs is 3. The van der Waals surface area contributed by atoms with Crippen LogP contribution in [0.1, 0.15) is 27.9 Å². The number of benzene rings is 2. The lowest BCUT2D eigenvalue weighted by Crippen LogP contribution is -2.18. The second-order valence-electron chi connectivity index (χ2n) is 5.23. The van der Waals surface area contributed by atoms with Crippen molar-refractivity contribution in [3.63, 3.8) is 0 Å². The van der Waals surface area contributed by atoms with Crippen molar-refractivity contribution in [3.8, 4) is 11.1 Å². The molecule has 0 saturated carbocycles. The molecule has 0 bridgehead atoms. The van der Waals surface area contributed by atoms with E-state index in [1.54, 1.807) is 14.2 Å². The van der Waals surface area contributed by atoms with Crippen molar-refractivity contribution in [3.05, 3.63) is 59.2 Å². The Labute approximate surface area is 124 Å². The topological polar surface area (TPSA) is 35.5 Å². The molecule has 0 spiro atoms. The fraction of sp³-hybridized carbons (Fsp3) is 0.278. The zero-order valence-electron chi connectivity index (χ0n) is 12.3. The standard InChI is InChI=1S/C18H18O3/c1-20-18(21-2)11-17(19)13-7-8-16-14(10-13)9-12-5-3-4-6-15(12)16/h3-8,10,18H,9,11H2,1-2H3. The molecule has 1 aliphatic carbocycles. The first-order chi connectivity index (χ1) is 10.2. The molecule has 0 aliphatic heterocycles. The van der Waals surface area contributed by atoms with Gasteiger partial charge in [0.25, 0.3) is 0 Å². The van der Waals surface area contributed by atoms with E-state index in [4.69, 9.17) is 9.47 Å². The Morgan fingerprint density at radius 1 is 1.05 bits per heavy atom. The zero-order valence-corrected chi connectivity index (χ0v) is 12.3. The lowest BCUT2D eigenvalue weighted by Gasteiger charge is -2.12. The highest BCUT2D eigenvalue weighted by atomic mass is 16.7. The number of carbonyl (C=O) groups excluding carboxylic acids is 1. The predicted octanol–water partition coefficient (Wildman–Crippen LogP) is 3.45. The maximum Gasteiger partial charge on any atom is 0.167 e. The molecule has 3 heteroatoms. The lowest BCUT2D eigenvalue weighted by molar-refractivity contribution is -0.0993. The number of methoxy groups -OCH3 is 2. The van der Waals surface area contributed by atoms with E-state index in [0.717, 1.165) is 12.0 Å². The predicted molar refractivity (Wildman–Crippen MR) is 81.4 cm³/mol. The summed E-state index contributed by atoms with van der Waals surface area (Å²) in [6, 6.07) is 14.3. The van der Waals surface area contributed by atoms with Crippen molar-refractivity contribution in [2.45, 2.75) is 19.1 Å². The third-order valence-corrected chi connectivity index (χ3v) is 3.99. The largest absolute Gasteiger partial charge is 0.355 e. The van der Waals surface area contributed by atoms with Gasteiger partial charge in [0.1, 0.15) is 0 Å². The van der Waals surface area contributed by atoms with E-state index in [-0.39, 0.29) is 12.2 Å². The molecule has 3 rings (SSSR count). The first-order valence-corrected chi connectivity index (χ1v) is 7.03. The van der Waals surface area contributed by atoms with Crippen LogP contribution in [-0.2, 0) is 15.9 Å². The van der Waals surface area contributed by atoms with Crippen LogP contribution in [0.3, 0.4) is 0 Å². The quantitative estimate of drug-likeness (QED) is 0.531. The summed E-state index contributed by atoms with van der Waals surface area (Å²) in [5.74, 6) is 0.0439. The van der Waals surface area contributed by atoms with Crippen molar-refractivity contribution in [2.75, 3.05) is 14.2 Å². The molecular weight excluding hydrogens is 264 g/mol. The average molecular weight is 282 g/mol. The SMILES string of the molecule is COC(CC(=O)c1ccc2c(c1)Cc1ccccc1-2)OC. The van der Waals surface area contributed by atoms with Crippen LogP contribution in [0, 0.1) is 0 Å². The van der Waals surface area contributed by atoms with Gasteiger partial charge in [0, 0.05) is 19.8 Å². The Hall–Kier alpha value is -1.97. The molecule has 1 aliphatic rings. The molecule has 108 valence electrons. The van der Waals surface area contributed by atoms with Crippen LogP contribution in [0.5, 0.6) is 0 Å². The molecule has 0 heterocycles. The summed E-state index contributed by atoms with van der Waals surface area (Å²) in [4.78, 5) is 12.3. The van der Waals surface area contributed by atoms with E-state index in [0.29, 0.717) is 0 Å². The smallest absolute Gasteiger partial charge is 0.167 e. The summed E-state index contributed by atoms with van der Waals surface area (Å²) in [5.41, 5.74) is 5.77. The highest BCUT2D eigenvalue weighted by Gasteiger charge is 2.20. The van der Waals surface area contributed by atoms with E-state index in [2.05, 4.69) is 24.3 Å². The van der Waals surface area contributed by atoms with Crippen molar-refractivity contribution >= 4 is 5.78 Å². The lowest BCUT2D eigenvalue weighted by atomic mass is 10.0. The van der Waals surface area contributed by atoms with Crippen LogP contribution in [0.25, 0.3) is 11.1 Å². The van der Waals surface area contributed by atoms with Gasteiger partial charge >= 0.3 is 0 Å². The van der Waals surface area contributed by atoms with Crippen LogP contribution in [0.15, 0.2) is 42.5 Å². The summed E-state index contributed by atoms with van der Waals surface area (Å²) >= 11 is 0. The van der Waals surface area contributed by atoms with Gasteiger partial charge in [-0.1, -0.05) is 36.4 Å². The number of hydrogen-bond acceptors (Lipinski definition) is 3. The second-order valence-corrected chi connectivity index (χ2v) is 5.23. The van der Waals surface area contributed by atoms with Gasteiger partial charge in [-0.25, -0.2) is 0 Å². The molecule has 0 radical (unpaired) electrons. The van der Waals surface area contributed by atoms with Crippen molar-refractivity contribution in [1.82, 2.24) is 0 Å². The highest BCUT2D eigenvalue weighted by molar-refractivity contribution is 5.97. The summed E-state index contributed by atoms with van der Waals surface area (Å²) in [6.45, 7) is 0. The van der Waals surface area contributed by atoms with Crippen molar-refractivity contribution < 1.29 is 14.3 Å². The number of Topliss-reactive ketones (excluding diaryl/α,β-unsaturated/α-hetero) is 1. The van der Waals surface area contributed by atoms with E-state index < -0.39 is 6.29 Å². The Kier molecular flexibility index (Phi) is 3.86. The average Bonchev–Trinajstić information content (AvgIpc) is 2.89. The van der Waals surface area contributed by atoms with E-state index in [9.17, 15) is 4.79 Å². The van der Waals surface area contributed by atoms with Crippen molar-refractivity contribution in [1.29, 1.82) is 0 Å². The zero-order chi connectivity index (χ0) is 14.8. The van der Waals surface area contributed by atoms with E-state index >= 15 is 0 Å².